The molecule has 0 saturated carbocycles. The zero-order valence-electron chi connectivity index (χ0n) is 21.2. The van der Waals surface area contributed by atoms with Crippen LogP contribution in [0.1, 0.15) is 22.9 Å². The molecule has 2 aliphatic rings. The standard InChI is InChI=1S/C31H21Cl2FN6/c1-18-27-28(19-11-13-20(34)14-12-19)39-26-10-6-5-9-25(26)36-29(35-21-15-16-23(32)24(33)17-21)31(39)37-30(27)40(38-18)22-7-3-2-4-8-22/h2-17,28H,1H3,(H,35,36)/t28-/m0/s1. The molecule has 1 N–H and O–H groups in total. The Hall–Kier alpha value is -4.46. The molecule has 0 bridgehead atoms. The van der Waals surface area contributed by atoms with Gasteiger partial charge >= 0.3 is 0 Å². The summed E-state index contributed by atoms with van der Waals surface area (Å²) in [5.74, 6) is 1.53. The van der Waals surface area contributed by atoms with Crippen molar-refractivity contribution in [2.45, 2.75) is 13.0 Å². The fourth-order valence-electron chi connectivity index (χ4n) is 5.22. The van der Waals surface area contributed by atoms with E-state index in [-0.39, 0.29) is 11.9 Å². The average Bonchev–Trinajstić information content (AvgIpc) is 3.31. The van der Waals surface area contributed by atoms with Crippen molar-refractivity contribution in [1.82, 2.24) is 9.78 Å². The molecule has 1 atom stereocenters. The summed E-state index contributed by atoms with van der Waals surface area (Å²) < 4.78 is 15.9. The first-order valence-electron chi connectivity index (χ1n) is 12.7. The molecule has 1 aromatic heterocycles. The molecule has 196 valence electrons. The minimum atomic E-state index is -0.345. The normalized spacial score (nSPS) is 15.5. The van der Waals surface area contributed by atoms with Crippen molar-refractivity contribution < 1.29 is 4.39 Å². The van der Waals surface area contributed by atoms with Crippen molar-refractivity contribution in [1.29, 1.82) is 0 Å². The SMILES string of the molecule is Cc1nn(-c2ccccc2)c2c1[C@H](c1ccc(F)cc1)N1C(=N2)C(Nc2ccc(Cl)c(Cl)c2)=Nc2ccccc21. The van der Waals surface area contributed by atoms with Crippen LogP contribution in [0, 0.1) is 12.7 Å². The fourth-order valence-corrected chi connectivity index (χ4v) is 5.52. The van der Waals surface area contributed by atoms with Gasteiger partial charge in [0.2, 0.25) is 0 Å². The fraction of sp³-hybridized carbons (Fsp3) is 0.0645. The average molecular weight is 567 g/mol. The summed E-state index contributed by atoms with van der Waals surface area (Å²) in [5, 5.41) is 9.22. The first kappa shape index (κ1) is 24.6. The van der Waals surface area contributed by atoms with Gasteiger partial charge in [0.15, 0.2) is 17.5 Å². The Kier molecular flexibility index (Phi) is 5.91. The van der Waals surface area contributed by atoms with Crippen LogP contribution in [0.4, 0.5) is 27.3 Å². The topological polar surface area (TPSA) is 57.8 Å². The first-order valence-corrected chi connectivity index (χ1v) is 13.4. The predicted octanol–water partition coefficient (Wildman–Crippen LogP) is 8.42. The minimum absolute atomic E-state index is 0.298. The van der Waals surface area contributed by atoms with Gasteiger partial charge < -0.3 is 10.2 Å². The number of hydrogen-bond donors (Lipinski definition) is 1. The number of aliphatic imine (C=N–C) groups is 2. The maximum absolute atomic E-state index is 14.1. The molecule has 4 aromatic carbocycles. The molecule has 3 heterocycles. The van der Waals surface area contributed by atoms with Gasteiger partial charge in [-0.05, 0) is 67.1 Å². The van der Waals surface area contributed by atoms with E-state index in [2.05, 4.69) is 10.2 Å². The summed E-state index contributed by atoms with van der Waals surface area (Å²) in [6.07, 6.45) is 0. The number of rotatable bonds is 3. The van der Waals surface area contributed by atoms with E-state index < -0.39 is 0 Å². The number of amidine groups is 2. The Morgan fingerprint density at radius 3 is 2.35 bits per heavy atom. The largest absolute Gasteiger partial charge is 0.337 e. The van der Waals surface area contributed by atoms with Crippen LogP contribution in [-0.4, -0.2) is 21.5 Å². The number of anilines is 2. The minimum Gasteiger partial charge on any atom is -0.337 e. The van der Waals surface area contributed by atoms with Crippen LogP contribution < -0.4 is 10.2 Å². The highest BCUT2D eigenvalue weighted by Crippen LogP contribution is 2.48. The lowest BCUT2D eigenvalue weighted by Crippen LogP contribution is -2.46. The Morgan fingerprint density at radius 1 is 0.825 bits per heavy atom. The van der Waals surface area contributed by atoms with Crippen molar-refractivity contribution in [3.8, 4) is 5.69 Å². The first-order chi connectivity index (χ1) is 19.5. The lowest BCUT2D eigenvalue weighted by molar-refractivity contribution is 0.626. The second-order valence-electron chi connectivity index (χ2n) is 9.53. The van der Waals surface area contributed by atoms with Gasteiger partial charge in [-0.3, -0.25) is 0 Å². The maximum atomic E-state index is 14.1. The van der Waals surface area contributed by atoms with Gasteiger partial charge in [0, 0.05) is 11.3 Å². The highest BCUT2D eigenvalue weighted by atomic mass is 35.5. The second kappa shape index (κ2) is 9.62. The molecule has 0 saturated heterocycles. The van der Waals surface area contributed by atoms with Crippen LogP contribution in [0.2, 0.25) is 10.0 Å². The molecule has 6 nitrogen and oxygen atoms in total. The number of nitrogens with zero attached hydrogens (tertiary/aromatic N) is 5. The summed E-state index contributed by atoms with van der Waals surface area (Å²) in [4.78, 5) is 12.3. The van der Waals surface area contributed by atoms with Gasteiger partial charge in [-0.1, -0.05) is 65.7 Å². The number of aryl methyl sites for hydroxylation is 1. The summed E-state index contributed by atoms with van der Waals surface area (Å²) in [6.45, 7) is 1.98. The third-order valence-electron chi connectivity index (χ3n) is 7.01. The lowest BCUT2D eigenvalue weighted by Gasteiger charge is -2.40. The highest BCUT2D eigenvalue weighted by molar-refractivity contribution is 6.52. The van der Waals surface area contributed by atoms with Crippen LogP contribution in [0.25, 0.3) is 5.69 Å². The van der Waals surface area contributed by atoms with E-state index in [4.69, 9.17) is 38.3 Å². The van der Waals surface area contributed by atoms with Crippen LogP contribution in [0.5, 0.6) is 0 Å². The molecular formula is C31H21Cl2FN6. The van der Waals surface area contributed by atoms with Crippen molar-refractivity contribution >= 4 is 57.8 Å². The third-order valence-corrected chi connectivity index (χ3v) is 7.75. The number of fused-ring (bicyclic) bond motifs is 4. The number of halogens is 3. The zero-order chi connectivity index (χ0) is 27.4. The molecule has 2 aliphatic heterocycles. The smallest absolute Gasteiger partial charge is 0.179 e. The van der Waals surface area contributed by atoms with E-state index in [1.54, 1.807) is 12.1 Å². The van der Waals surface area contributed by atoms with Crippen LogP contribution in [0.15, 0.2) is 107 Å². The number of aromatic nitrogens is 2. The van der Waals surface area contributed by atoms with Gasteiger partial charge in [-0.15, -0.1) is 0 Å². The van der Waals surface area contributed by atoms with E-state index in [1.807, 2.05) is 84.4 Å². The lowest BCUT2D eigenvalue weighted by atomic mass is 9.93. The Morgan fingerprint density at radius 2 is 1.57 bits per heavy atom. The summed E-state index contributed by atoms with van der Waals surface area (Å²) in [7, 11) is 0. The number of benzene rings is 4. The molecule has 0 radical (unpaired) electrons. The molecule has 0 spiro atoms. The summed E-state index contributed by atoms with van der Waals surface area (Å²) in [6, 6.07) is 29.3. The summed E-state index contributed by atoms with van der Waals surface area (Å²) >= 11 is 12.5. The number of nitrogens with one attached hydrogen (secondary N) is 1. The van der Waals surface area contributed by atoms with E-state index in [9.17, 15) is 4.39 Å². The van der Waals surface area contributed by atoms with Crippen LogP contribution in [0.3, 0.4) is 0 Å². The van der Waals surface area contributed by atoms with Crippen molar-refractivity contribution in [2.75, 3.05) is 10.2 Å². The van der Waals surface area contributed by atoms with E-state index >= 15 is 0 Å². The molecule has 0 fully saturated rings. The summed E-state index contributed by atoms with van der Waals surface area (Å²) in [5.41, 5.74) is 5.92. The zero-order valence-corrected chi connectivity index (χ0v) is 22.7. The van der Waals surface area contributed by atoms with Gasteiger partial charge in [-0.25, -0.2) is 19.1 Å². The van der Waals surface area contributed by atoms with Crippen molar-refractivity contribution in [2.24, 2.45) is 9.98 Å². The molecule has 9 heteroatoms. The van der Waals surface area contributed by atoms with Gasteiger partial charge in [0.05, 0.1) is 38.8 Å². The van der Waals surface area contributed by atoms with Crippen molar-refractivity contribution in [3.05, 3.63) is 130 Å². The molecule has 40 heavy (non-hydrogen) atoms. The predicted molar refractivity (Wildman–Crippen MR) is 160 cm³/mol. The molecule has 0 unspecified atom stereocenters. The van der Waals surface area contributed by atoms with E-state index in [0.29, 0.717) is 33.2 Å². The molecular weight excluding hydrogens is 546 g/mol. The highest BCUT2D eigenvalue weighted by Gasteiger charge is 2.41. The van der Waals surface area contributed by atoms with E-state index in [0.717, 1.165) is 33.9 Å². The Balaban J connectivity index is 1.49. The monoisotopic (exact) mass is 566 g/mol. The second-order valence-corrected chi connectivity index (χ2v) is 10.3. The number of para-hydroxylation sites is 3. The third kappa shape index (κ3) is 4.06. The molecule has 7 rings (SSSR count). The molecule has 5 aromatic rings. The Bertz CT molecular complexity index is 1830. The van der Waals surface area contributed by atoms with Gasteiger partial charge in [0.25, 0.3) is 0 Å². The Labute approximate surface area is 240 Å². The quantitative estimate of drug-likeness (QED) is 0.238. The van der Waals surface area contributed by atoms with Gasteiger partial charge in [-0.2, -0.15) is 5.10 Å². The molecule has 0 aliphatic carbocycles. The van der Waals surface area contributed by atoms with Crippen LogP contribution >= 0.6 is 23.2 Å². The van der Waals surface area contributed by atoms with E-state index in [1.165, 1.54) is 12.1 Å². The maximum Gasteiger partial charge on any atom is 0.179 e. The van der Waals surface area contributed by atoms with Crippen LogP contribution in [-0.2, 0) is 0 Å². The van der Waals surface area contributed by atoms with Gasteiger partial charge in [0.1, 0.15) is 5.82 Å². The molecule has 0 amide bonds. The van der Waals surface area contributed by atoms with Crippen molar-refractivity contribution in [3.63, 3.8) is 0 Å². The number of hydrogen-bond acceptors (Lipinski definition) is 5.